The number of carbonyl (C=O) groups is 2. The van der Waals surface area contributed by atoms with E-state index in [0.717, 1.165) is 5.56 Å². The third-order valence-electron chi connectivity index (χ3n) is 5.19. The Morgan fingerprint density at radius 2 is 1.90 bits per heavy atom. The summed E-state index contributed by atoms with van der Waals surface area (Å²) in [6.07, 6.45) is 1.77. The van der Waals surface area contributed by atoms with Crippen LogP contribution in [0.25, 0.3) is 0 Å². The Morgan fingerprint density at radius 3 is 2.63 bits per heavy atom. The maximum absolute atomic E-state index is 13.1. The number of aryl methyl sites for hydroxylation is 1. The molecule has 1 unspecified atom stereocenters. The molecule has 1 aromatic heterocycles. The van der Waals surface area contributed by atoms with E-state index in [1.807, 2.05) is 31.2 Å². The highest BCUT2D eigenvalue weighted by Crippen LogP contribution is 2.33. The van der Waals surface area contributed by atoms with Crippen molar-refractivity contribution in [3.8, 4) is 0 Å². The van der Waals surface area contributed by atoms with Gasteiger partial charge in [0, 0.05) is 17.8 Å². The molecular weight excluding hydrogens is 378 g/mol. The van der Waals surface area contributed by atoms with Crippen molar-refractivity contribution in [2.75, 3.05) is 16.8 Å². The molecule has 0 aliphatic carbocycles. The standard InChI is InChI=1S/C24H22N3O3/c1-16-9-12-21-19(14-16)22(28)8-5-13-27(21)24(30)20-11-10-18(15-25-20)26-23(29)17-6-3-2-4-7-17/h2-4,6-7,9-12,14-15,22H,5,8,13H2,1H3,(H,26,29)/q-1. The largest absolute Gasteiger partial charge is 0.848 e. The van der Waals surface area contributed by atoms with Gasteiger partial charge < -0.3 is 15.3 Å². The normalized spacial score (nSPS) is 15.8. The third-order valence-corrected chi connectivity index (χ3v) is 5.19. The topological polar surface area (TPSA) is 85.4 Å². The SMILES string of the molecule is Cc1ccc2c(c1)C([O-])CCCN2C(=O)c1ccc(NC(=O)c2ccccc2)cn1. The van der Waals surface area contributed by atoms with Gasteiger partial charge in [0.15, 0.2) is 0 Å². The first kappa shape index (κ1) is 19.8. The van der Waals surface area contributed by atoms with Gasteiger partial charge in [0.25, 0.3) is 11.8 Å². The first-order valence-corrected chi connectivity index (χ1v) is 9.93. The van der Waals surface area contributed by atoms with Crippen LogP contribution in [0.1, 0.15) is 50.9 Å². The fraction of sp³-hybridized carbons (Fsp3) is 0.208. The van der Waals surface area contributed by atoms with Crippen LogP contribution in [-0.4, -0.2) is 23.3 Å². The average Bonchev–Trinajstić information content (AvgIpc) is 2.93. The molecule has 1 atom stereocenters. The van der Waals surface area contributed by atoms with Crippen molar-refractivity contribution in [1.29, 1.82) is 0 Å². The van der Waals surface area contributed by atoms with Gasteiger partial charge in [-0.2, -0.15) is 0 Å². The molecule has 2 aromatic carbocycles. The molecule has 6 heteroatoms. The number of hydrogen-bond acceptors (Lipinski definition) is 4. The summed E-state index contributed by atoms with van der Waals surface area (Å²) in [6.45, 7) is 2.41. The van der Waals surface area contributed by atoms with Crippen LogP contribution in [0.4, 0.5) is 11.4 Å². The van der Waals surface area contributed by atoms with Crippen LogP contribution in [-0.2, 0) is 0 Å². The summed E-state index contributed by atoms with van der Waals surface area (Å²) in [6, 6.07) is 17.8. The molecule has 0 saturated heterocycles. The number of pyridine rings is 1. The third kappa shape index (κ3) is 4.09. The van der Waals surface area contributed by atoms with E-state index in [2.05, 4.69) is 10.3 Å². The van der Waals surface area contributed by atoms with E-state index in [0.29, 0.717) is 41.9 Å². The molecule has 3 aromatic rings. The summed E-state index contributed by atoms with van der Waals surface area (Å²) in [4.78, 5) is 31.3. The highest BCUT2D eigenvalue weighted by Gasteiger charge is 2.24. The van der Waals surface area contributed by atoms with Gasteiger partial charge in [-0.05, 0) is 49.2 Å². The first-order valence-electron chi connectivity index (χ1n) is 9.93. The zero-order chi connectivity index (χ0) is 21.1. The van der Waals surface area contributed by atoms with Gasteiger partial charge in [-0.25, -0.2) is 4.98 Å². The Morgan fingerprint density at radius 1 is 1.10 bits per heavy atom. The Kier molecular flexibility index (Phi) is 5.59. The van der Waals surface area contributed by atoms with E-state index >= 15 is 0 Å². The van der Waals surface area contributed by atoms with Gasteiger partial charge in [-0.1, -0.05) is 48.4 Å². The smallest absolute Gasteiger partial charge is 0.276 e. The number of nitrogens with zero attached hydrogens (tertiary/aromatic N) is 2. The number of anilines is 2. The van der Waals surface area contributed by atoms with Crippen molar-refractivity contribution in [2.45, 2.75) is 25.9 Å². The second-order valence-corrected chi connectivity index (χ2v) is 7.40. The van der Waals surface area contributed by atoms with Crippen LogP contribution in [0.5, 0.6) is 0 Å². The Hall–Kier alpha value is -3.51. The monoisotopic (exact) mass is 400 g/mol. The fourth-order valence-electron chi connectivity index (χ4n) is 3.62. The highest BCUT2D eigenvalue weighted by molar-refractivity contribution is 6.06. The van der Waals surface area contributed by atoms with Crippen LogP contribution in [0.3, 0.4) is 0 Å². The first-order chi connectivity index (χ1) is 14.5. The van der Waals surface area contributed by atoms with E-state index in [4.69, 9.17) is 0 Å². The number of fused-ring (bicyclic) bond motifs is 1. The van der Waals surface area contributed by atoms with Crippen LogP contribution in [0.2, 0.25) is 0 Å². The Labute approximate surface area is 175 Å². The van der Waals surface area contributed by atoms with Crippen molar-refractivity contribution < 1.29 is 14.7 Å². The number of hydrogen-bond donors (Lipinski definition) is 1. The molecule has 1 aliphatic rings. The molecule has 6 nitrogen and oxygen atoms in total. The minimum atomic E-state index is -0.832. The van der Waals surface area contributed by atoms with Gasteiger partial charge in [0.05, 0.1) is 11.9 Å². The van der Waals surface area contributed by atoms with E-state index in [9.17, 15) is 14.7 Å². The van der Waals surface area contributed by atoms with Crippen molar-refractivity contribution in [3.05, 3.63) is 89.2 Å². The summed E-state index contributed by atoms with van der Waals surface area (Å²) >= 11 is 0. The molecule has 30 heavy (non-hydrogen) atoms. The number of benzene rings is 2. The van der Waals surface area contributed by atoms with Gasteiger partial charge in [-0.15, -0.1) is 0 Å². The molecular formula is C24H22N3O3-. The van der Waals surface area contributed by atoms with E-state index in [1.165, 1.54) is 6.20 Å². The average molecular weight is 400 g/mol. The molecule has 1 aliphatic heterocycles. The molecule has 1 N–H and O–H groups in total. The zero-order valence-corrected chi connectivity index (χ0v) is 16.7. The lowest BCUT2D eigenvalue weighted by atomic mass is 10.0. The molecule has 152 valence electrons. The zero-order valence-electron chi connectivity index (χ0n) is 16.7. The maximum Gasteiger partial charge on any atom is 0.276 e. The van der Waals surface area contributed by atoms with E-state index < -0.39 is 6.10 Å². The van der Waals surface area contributed by atoms with Crippen molar-refractivity contribution in [3.63, 3.8) is 0 Å². The molecule has 0 saturated carbocycles. The minimum Gasteiger partial charge on any atom is -0.848 e. The van der Waals surface area contributed by atoms with Gasteiger partial charge >= 0.3 is 0 Å². The van der Waals surface area contributed by atoms with Gasteiger partial charge in [-0.3, -0.25) is 9.59 Å². The number of nitrogens with one attached hydrogen (secondary N) is 1. The number of aromatic nitrogens is 1. The molecule has 2 amide bonds. The number of carbonyl (C=O) groups excluding carboxylic acids is 2. The van der Waals surface area contributed by atoms with Crippen LogP contribution < -0.4 is 15.3 Å². The lowest BCUT2D eigenvalue weighted by molar-refractivity contribution is -0.427. The van der Waals surface area contributed by atoms with Crippen molar-refractivity contribution in [2.24, 2.45) is 0 Å². The molecule has 0 radical (unpaired) electrons. The second kappa shape index (κ2) is 8.47. The fourth-order valence-corrected chi connectivity index (χ4v) is 3.62. The van der Waals surface area contributed by atoms with Crippen LogP contribution in [0.15, 0.2) is 66.9 Å². The summed E-state index contributed by atoms with van der Waals surface area (Å²) in [5.74, 6) is -0.495. The quantitative estimate of drug-likeness (QED) is 0.729. The minimum absolute atomic E-state index is 0.241. The summed E-state index contributed by atoms with van der Waals surface area (Å²) < 4.78 is 0. The van der Waals surface area contributed by atoms with E-state index in [-0.39, 0.29) is 17.5 Å². The summed E-state index contributed by atoms with van der Waals surface area (Å²) in [7, 11) is 0. The predicted octanol–water partition coefficient (Wildman–Crippen LogP) is 3.48. The lowest BCUT2D eigenvalue weighted by Crippen LogP contribution is -2.32. The summed E-state index contributed by atoms with van der Waals surface area (Å²) in [5.41, 5.74) is 3.64. The molecule has 0 bridgehead atoms. The highest BCUT2D eigenvalue weighted by atomic mass is 16.3. The Balaban J connectivity index is 1.54. The summed E-state index contributed by atoms with van der Waals surface area (Å²) in [5, 5.41) is 15.3. The molecule has 0 spiro atoms. The molecule has 0 fully saturated rings. The maximum atomic E-state index is 13.1. The van der Waals surface area contributed by atoms with Crippen molar-refractivity contribution in [1.82, 2.24) is 4.98 Å². The van der Waals surface area contributed by atoms with Crippen LogP contribution in [0, 0.1) is 6.92 Å². The number of rotatable bonds is 3. The van der Waals surface area contributed by atoms with E-state index in [1.54, 1.807) is 41.3 Å². The number of amides is 2. The Bertz CT molecular complexity index is 1060. The molecule has 4 rings (SSSR count). The van der Waals surface area contributed by atoms with Gasteiger partial charge in [0.1, 0.15) is 5.69 Å². The second-order valence-electron chi connectivity index (χ2n) is 7.40. The lowest BCUT2D eigenvalue weighted by Gasteiger charge is -2.26. The van der Waals surface area contributed by atoms with Crippen LogP contribution >= 0.6 is 0 Å². The molecule has 2 heterocycles. The van der Waals surface area contributed by atoms with Crippen molar-refractivity contribution >= 4 is 23.2 Å². The predicted molar refractivity (Wildman–Crippen MR) is 113 cm³/mol. The van der Waals surface area contributed by atoms with Gasteiger partial charge in [0.2, 0.25) is 0 Å².